The van der Waals surface area contributed by atoms with Gasteiger partial charge in [-0.05, 0) is 50.3 Å². The van der Waals surface area contributed by atoms with Gasteiger partial charge in [0.15, 0.2) is 5.82 Å². The highest BCUT2D eigenvalue weighted by atomic mass is 79.9. The maximum atomic E-state index is 6.13. The number of thiophene rings is 1. The van der Waals surface area contributed by atoms with Crippen molar-refractivity contribution in [1.82, 2.24) is 15.2 Å². The Balaban J connectivity index is 1.82. The summed E-state index contributed by atoms with van der Waals surface area (Å²) in [6.45, 7) is 3.97. The molecule has 1 aliphatic heterocycles. The first kappa shape index (κ1) is 14.5. The van der Waals surface area contributed by atoms with E-state index in [0.29, 0.717) is 5.92 Å². The molecule has 2 unspecified atom stereocenters. The normalized spacial score (nSPS) is 23.3. The minimum atomic E-state index is 0.188. The zero-order valence-electron chi connectivity index (χ0n) is 10.9. The van der Waals surface area contributed by atoms with Gasteiger partial charge in [0, 0.05) is 24.7 Å². The molecule has 0 radical (unpaired) electrons. The molecule has 3 N–H and O–H groups in total. The van der Waals surface area contributed by atoms with Crippen LogP contribution in [-0.2, 0) is 0 Å². The topological polar surface area (TPSA) is 70.8 Å². The molecule has 0 aromatic carbocycles. The lowest BCUT2D eigenvalue weighted by atomic mass is 9.95. The van der Waals surface area contributed by atoms with E-state index in [1.807, 2.05) is 6.07 Å². The monoisotopic (exact) mass is 419 g/mol. The van der Waals surface area contributed by atoms with E-state index in [-0.39, 0.29) is 6.04 Å². The molecule has 8 heteroatoms. The highest BCUT2D eigenvalue weighted by Gasteiger charge is 2.25. The zero-order chi connectivity index (χ0) is 14.3. The molecular formula is C12H15Br2N5S. The van der Waals surface area contributed by atoms with Crippen LogP contribution in [0.15, 0.2) is 13.6 Å². The fourth-order valence-corrected chi connectivity index (χ4v) is 5.10. The Morgan fingerprint density at radius 3 is 2.95 bits per heavy atom. The van der Waals surface area contributed by atoms with E-state index in [1.165, 1.54) is 0 Å². The van der Waals surface area contributed by atoms with E-state index in [4.69, 9.17) is 5.73 Å². The fraction of sp³-hybridized carbons (Fsp3) is 0.500. The summed E-state index contributed by atoms with van der Waals surface area (Å²) in [6, 6.07) is 2.22. The Kier molecular flexibility index (Phi) is 4.16. The third-order valence-corrected chi connectivity index (χ3v) is 6.02. The van der Waals surface area contributed by atoms with Gasteiger partial charge in [0.1, 0.15) is 0 Å². The molecule has 1 saturated heterocycles. The predicted octanol–water partition coefficient (Wildman–Crippen LogP) is 3.23. The van der Waals surface area contributed by atoms with Gasteiger partial charge in [-0.2, -0.15) is 4.98 Å². The Morgan fingerprint density at radius 1 is 1.50 bits per heavy atom. The van der Waals surface area contributed by atoms with E-state index in [1.54, 1.807) is 11.3 Å². The van der Waals surface area contributed by atoms with Gasteiger partial charge in [-0.15, -0.1) is 16.4 Å². The number of aromatic amines is 1. The molecule has 1 fully saturated rings. The van der Waals surface area contributed by atoms with E-state index in [9.17, 15) is 0 Å². The number of hydrogen-bond donors (Lipinski definition) is 2. The maximum Gasteiger partial charge on any atom is 0.245 e. The summed E-state index contributed by atoms with van der Waals surface area (Å²) in [7, 11) is 0. The second-order valence-corrected chi connectivity index (χ2v) is 8.85. The number of anilines is 1. The first-order chi connectivity index (χ1) is 9.54. The number of hydrogen-bond acceptors (Lipinski definition) is 5. The van der Waals surface area contributed by atoms with Gasteiger partial charge in [0.2, 0.25) is 5.95 Å². The Labute approximate surface area is 138 Å². The van der Waals surface area contributed by atoms with Gasteiger partial charge < -0.3 is 10.6 Å². The van der Waals surface area contributed by atoms with Gasteiger partial charge in [-0.1, -0.05) is 6.92 Å². The summed E-state index contributed by atoms with van der Waals surface area (Å²) >= 11 is 8.64. The number of halogens is 2. The smallest absolute Gasteiger partial charge is 0.245 e. The van der Waals surface area contributed by atoms with Gasteiger partial charge >= 0.3 is 0 Å². The molecule has 3 heterocycles. The lowest BCUT2D eigenvalue weighted by Gasteiger charge is -2.34. The second-order valence-electron chi connectivity index (χ2n) is 5.10. The molecular weight excluding hydrogens is 406 g/mol. The minimum absolute atomic E-state index is 0.188. The molecule has 0 amide bonds. The van der Waals surface area contributed by atoms with Crippen molar-refractivity contribution < 1.29 is 0 Å². The zero-order valence-corrected chi connectivity index (χ0v) is 14.9. The van der Waals surface area contributed by atoms with Crippen LogP contribution in [0.1, 0.15) is 13.3 Å². The summed E-state index contributed by atoms with van der Waals surface area (Å²) in [5, 5.41) is 7.34. The largest absolute Gasteiger partial charge is 0.338 e. The molecule has 108 valence electrons. The number of nitrogens with one attached hydrogen (secondary N) is 1. The highest BCUT2D eigenvalue weighted by molar-refractivity contribution is 9.12. The van der Waals surface area contributed by atoms with Crippen molar-refractivity contribution in [2.24, 2.45) is 11.7 Å². The molecule has 0 aliphatic carbocycles. The highest BCUT2D eigenvalue weighted by Crippen LogP contribution is 2.37. The number of H-pyrrole nitrogens is 1. The third kappa shape index (κ3) is 2.79. The number of piperidine rings is 1. The third-order valence-electron chi connectivity index (χ3n) is 3.68. The molecule has 2 atom stereocenters. The molecule has 0 saturated carbocycles. The van der Waals surface area contributed by atoms with Gasteiger partial charge in [0.25, 0.3) is 0 Å². The molecule has 2 aromatic heterocycles. The van der Waals surface area contributed by atoms with E-state index in [0.717, 1.165) is 44.4 Å². The fourth-order valence-electron chi connectivity index (χ4n) is 2.30. The Morgan fingerprint density at radius 2 is 2.30 bits per heavy atom. The van der Waals surface area contributed by atoms with Crippen LogP contribution in [0.4, 0.5) is 5.95 Å². The van der Waals surface area contributed by atoms with Crippen molar-refractivity contribution in [3.05, 3.63) is 13.6 Å². The van der Waals surface area contributed by atoms with Gasteiger partial charge in [-0.3, -0.25) is 5.10 Å². The van der Waals surface area contributed by atoms with E-state index < -0.39 is 0 Å². The van der Waals surface area contributed by atoms with Gasteiger partial charge in [0.05, 0.1) is 7.57 Å². The molecule has 2 aromatic rings. The van der Waals surface area contributed by atoms with Crippen LogP contribution in [-0.4, -0.2) is 34.3 Å². The average molecular weight is 421 g/mol. The summed E-state index contributed by atoms with van der Waals surface area (Å²) < 4.78 is 2.10. The number of nitrogens with two attached hydrogens (primary N) is 1. The van der Waals surface area contributed by atoms with E-state index >= 15 is 0 Å². The average Bonchev–Trinajstić information content (AvgIpc) is 2.99. The number of aromatic nitrogens is 3. The summed E-state index contributed by atoms with van der Waals surface area (Å²) in [6.07, 6.45) is 1.08. The first-order valence-electron chi connectivity index (χ1n) is 6.42. The number of nitrogens with zero attached hydrogens (tertiary/aromatic N) is 3. The van der Waals surface area contributed by atoms with Gasteiger partial charge in [-0.25, -0.2) is 0 Å². The second kappa shape index (κ2) is 5.75. The van der Waals surface area contributed by atoms with Crippen LogP contribution >= 0.6 is 43.2 Å². The SMILES string of the molecule is CC1CCN(c2n[nH]c(-c3cc(Br)sc3Br)n2)CC1N. The van der Waals surface area contributed by atoms with Crippen molar-refractivity contribution in [2.45, 2.75) is 19.4 Å². The predicted molar refractivity (Wildman–Crippen MR) is 89.1 cm³/mol. The van der Waals surface area contributed by atoms with Crippen LogP contribution in [0.25, 0.3) is 11.4 Å². The van der Waals surface area contributed by atoms with Crippen LogP contribution in [0.5, 0.6) is 0 Å². The molecule has 0 bridgehead atoms. The van der Waals surface area contributed by atoms with Crippen molar-refractivity contribution in [3.8, 4) is 11.4 Å². The molecule has 20 heavy (non-hydrogen) atoms. The summed E-state index contributed by atoms with van der Waals surface area (Å²) in [5.41, 5.74) is 7.16. The van der Waals surface area contributed by atoms with Crippen molar-refractivity contribution in [3.63, 3.8) is 0 Å². The molecule has 5 nitrogen and oxygen atoms in total. The standard InChI is InChI=1S/C12H15Br2N5S/c1-6-2-3-19(5-8(6)15)12-16-11(17-18-12)7-4-9(13)20-10(7)14/h4,6,8H,2-3,5,15H2,1H3,(H,16,17,18). The van der Waals surface area contributed by atoms with Crippen molar-refractivity contribution >= 4 is 49.1 Å². The minimum Gasteiger partial charge on any atom is -0.338 e. The van der Waals surface area contributed by atoms with Crippen LogP contribution in [0.3, 0.4) is 0 Å². The van der Waals surface area contributed by atoms with Crippen LogP contribution in [0, 0.1) is 5.92 Å². The molecule has 3 rings (SSSR count). The Hall–Kier alpha value is -0.440. The Bertz CT molecular complexity index is 611. The maximum absolute atomic E-state index is 6.13. The lowest BCUT2D eigenvalue weighted by molar-refractivity contribution is 0.376. The first-order valence-corrected chi connectivity index (χ1v) is 8.83. The summed E-state index contributed by atoms with van der Waals surface area (Å²) in [4.78, 5) is 6.75. The number of rotatable bonds is 2. The van der Waals surface area contributed by atoms with Crippen molar-refractivity contribution in [1.29, 1.82) is 0 Å². The molecule has 1 aliphatic rings. The quantitative estimate of drug-likeness (QED) is 0.782. The van der Waals surface area contributed by atoms with Crippen LogP contribution < -0.4 is 10.6 Å². The summed E-state index contributed by atoms with van der Waals surface area (Å²) in [5.74, 6) is 2.07. The van der Waals surface area contributed by atoms with Crippen LogP contribution in [0.2, 0.25) is 0 Å². The lowest BCUT2D eigenvalue weighted by Crippen LogP contribution is -2.48. The van der Waals surface area contributed by atoms with Crippen molar-refractivity contribution in [2.75, 3.05) is 18.0 Å². The van der Waals surface area contributed by atoms with E-state index in [2.05, 4.69) is 58.9 Å². The molecule has 0 spiro atoms.